The van der Waals surface area contributed by atoms with Gasteiger partial charge in [0.2, 0.25) is 0 Å². The molecule has 6 nitrogen and oxygen atoms in total. The van der Waals surface area contributed by atoms with Crippen LogP contribution < -0.4 is 0 Å². The van der Waals surface area contributed by atoms with Crippen molar-refractivity contribution in [3.05, 3.63) is 35.2 Å². The van der Waals surface area contributed by atoms with E-state index < -0.39 is 5.97 Å². The van der Waals surface area contributed by atoms with Crippen LogP contribution in [0, 0.1) is 5.92 Å². The van der Waals surface area contributed by atoms with Gasteiger partial charge in [0, 0.05) is 38.8 Å². The van der Waals surface area contributed by atoms with Gasteiger partial charge in [-0.1, -0.05) is 6.92 Å². The minimum absolute atomic E-state index is 0.0461. The van der Waals surface area contributed by atoms with Gasteiger partial charge in [-0.15, -0.1) is 5.10 Å². The van der Waals surface area contributed by atoms with E-state index in [-0.39, 0.29) is 23.3 Å². The molecule has 2 rings (SSSR count). The van der Waals surface area contributed by atoms with Gasteiger partial charge in [0.15, 0.2) is 0 Å². The second-order valence-corrected chi connectivity index (χ2v) is 5.21. The Morgan fingerprint density at radius 2 is 2.05 bits per heavy atom. The molecule has 1 amide bonds. The lowest BCUT2D eigenvalue weighted by Gasteiger charge is -2.14. The molecule has 1 unspecified atom stereocenters. The largest absolute Gasteiger partial charge is 0.405 e. The molecule has 112 valence electrons. The van der Waals surface area contributed by atoms with Crippen molar-refractivity contribution in [2.24, 2.45) is 11.0 Å². The molecule has 6 heteroatoms. The summed E-state index contributed by atoms with van der Waals surface area (Å²) in [4.78, 5) is 25.1. The maximum absolute atomic E-state index is 12.0. The number of hydrogen-bond donors (Lipinski definition) is 0. The molecule has 0 aromatic heterocycles. The Hall–Kier alpha value is -2.37. The third kappa shape index (κ3) is 2.89. The van der Waals surface area contributed by atoms with E-state index >= 15 is 0 Å². The number of esters is 1. The lowest BCUT2D eigenvalue weighted by atomic mass is 10.0. The average Bonchev–Trinajstić information content (AvgIpc) is 2.77. The molecule has 0 saturated heterocycles. The Labute approximate surface area is 124 Å². The molecular formula is C15H19N3O3. The van der Waals surface area contributed by atoms with Crippen molar-refractivity contribution in [3.8, 4) is 0 Å². The van der Waals surface area contributed by atoms with Crippen molar-refractivity contribution >= 4 is 17.8 Å². The summed E-state index contributed by atoms with van der Waals surface area (Å²) < 4.78 is 4.98. The van der Waals surface area contributed by atoms with Crippen molar-refractivity contribution < 1.29 is 14.3 Å². The van der Waals surface area contributed by atoms with Gasteiger partial charge < -0.3 is 9.64 Å². The number of ether oxygens (including phenoxy) is 1. The molecule has 0 aliphatic carbocycles. The Bertz CT molecular complexity index is 614. The Balaban J connectivity index is 2.29. The highest BCUT2D eigenvalue weighted by Gasteiger charge is 2.30. The predicted molar refractivity (Wildman–Crippen MR) is 78.8 cm³/mol. The van der Waals surface area contributed by atoms with Crippen LogP contribution in [0.25, 0.3) is 0 Å². The molecule has 0 spiro atoms. The summed E-state index contributed by atoms with van der Waals surface area (Å²) in [6, 6.07) is 0. The number of carbonyl (C=O) groups excluding carboxylic acids is 2. The van der Waals surface area contributed by atoms with Crippen LogP contribution >= 0.6 is 0 Å². The van der Waals surface area contributed by atoms with Crippen molar-refractivity contribution in [2.75, 3.05) is 14.1 Å². The number of hydrogen-bond acceptors (Lipinski definition) is 5. The van der Waals surface area contributed by atoms with Gasteiger partial charge in [-0.05, 0) is 24.6 Å². The maximum Gasteiger partial charge on any atom is 0.309 e. The summed E-state index contributed by atoms with van der Waals surface area (Å²) in [7, 11) is 3.48. The number of hydrazone groups is 1. The first kappa shape index (κ1) is 15.0. The predicted octanol–water partition coefficient (Wildman–Crippen LogP) is 1.63. The first-order chi connectivity index (χ1) is 9.81. The molecule has 0 radical (unpaired) electrons. The van der Waals surface area contributed by atoms with Crippen LogP contribution in [0.3, 0.4) is 0 Å². The van der Waals surface area contributed by atoms with Gasteiger partial charge in [-0.3, -0.25) is 9.59 Å². The minimum atomic E-state index is -0.501. The molecule has 1 atom stereocenters. The van der Waals surface area contributed by atoms with E-state index in [2.05, 4.69) is 25.1 Å². The maximum atomic E-state index is 12.0. The van der Waals surface area contributed by atoms with Gasteiger partial charge in [0.1, 0.15) is 5.57 Å². The van der Waals surface area contributed by atoms with E-state index in [1.807, 2.05) is 18.0 Å². The van der Waals surface area contributed by atoms with Crippen molar-refractivity contribution in [3.63, 3.8) is 0 Å². The fourth-order valence-electron chi connectivity index (χ4n) is 2.32. The Morgan fingerprint density at radius 1 is 1.38 bits per heavy atom. The average molecular weight is 289 g/mol. The summed E-state index contributed by atoms with van der Waals surface area (Å²) >= 11 is 0. The van der Waals surface area contributed by atoms with Crippen molar-refractivity contribution in [1.29, 1.82) is 0 Å². The molecule has 2 aliphatic rings. The molecular weight excluding hydrogens is 270 g/mol. The minimum Gasteiger partial charge on any atom is -0.405 e. The monoisotopic (exact) mass is 289 g/mol. The number of likely N-dealkylation sites (N-methyl/N-ethyl adjacent to an activating group) is 1. The third-order valence-electron chi connectivity index (χ3n) is 3.59. The van der Waals surface area contributed by atoms with Gasteiger partial charge in [0.25, 0.3) is 11.8 Å². The number of allylic oxidation sites excluding steroid dienone is 3. The van der Waals surface area contributed by atoms with E-state index in [0.29, 0.717) is 0 Å². The fraction of sp³-hybridized carbons (Fsp3) is 0.400. The van der Waals surface area contributed by atoms with Crippen molar-refractivity contribution in [1.82, 2.24) is 9.91 Å². The SMILES string of the molecule is CC(=O)OC1=NN(C)C(=O)/C1=C/C=C1/C(C)C(C)=CN1C. The summed E-state index contributed by atoms with van der Waals surface area (Å²) in [5.41, 5.74) is 2.61. The van der Waals surface area contributed by atoms with Crippen LogP contribution in [0.15, 0.2) is 40.3 Å². The van der Waals surface area contributed by atoms with E-state index in [9.17, 15) is 9.59 Å². The molecule has 2 aliphatic heterocycles. The fourth-order valence-corrected chi connectivity index (χ4v) is 2.32. The van der Waals surface area contributed by atoms with Crippen LogP contribution in [0.4, 0.5) is 0 Å². The second-order valence-electron chi connectivity index (χ2n) is 5.21. The normalized spacial score (nSPS) is 25.8. The zero-order valence-corrected chi connectivity index (χ0v) is 12.9. The molecule has 0 N–H and O–H groups in total. The van der Waals surface area contributed by atoms with Gasteiger partial charge in [-0.2, -0.15) is 0 Å². The van der Waals surface area contributed by atoms with E-state index in [4.69, 9.17) is 4.74 Å². The molecule has 0 saturated carbocycles. The standard InChI is InChI=1S/C15H19N3O3/c1-9-8-17(4)13(10(9)2)7-6-12-14(21-11(3)19)16-18(5)15(12)20/h6-8,10H,1-5H3/b12-6+,13-7-. The Morgan fingerprint density at radius 3 is 2.57 bits per heavy atom. The number of nitrogens with zero attached hydrogens (tertiary/aromatic N) is 3. The molecule has 0 fully saturated rings. The highest BCUT2D eigenvalue weighted by Crippen LogP contribution is 2.30. The number of amides is 1. The number of rotatable bonds is 1. The van der Waals surface area contributed by atoms with Gasteiger partial charge >= 0.3 is 5.97 Å². The van der Waals surface area contributed by atoms with Crippen molar-refractivity contribution in [2.45, 2.75) is 20.8 Å². The van der Waals surface area contributed by atoms with Crippen LogP contribution in [0.5, 0.6) is 0 Å². The summed E-state index contributed by atoms with van der Waals surface area (Å²) in [5.74, 6) is -0.458. The quantitative estimate of drug-likeness (QED) is 0.544. The zero-order chi connectivity index (χ0) is 15.7. The van der Waals surface area contributed by atoms with E-state index in [1.165, 1.54) is 19.5 Å². The smallest absolute Gasteiger partial charge is 0.309 e. The number of carbonyl (C=O) groups is 2. The molecule has 2 heterocycles. The van der Waals surface area contributed by atoms with Gasteiger partial charge in [0.05, 0.1) is 0 Å². The second kappa shape index (κ2) is 5.55. The van der Waals surface area contributed by atoms with Gasteiger partial charge in [-0.25, -0.2) is 5.01 Å². The lowest BCUT2D eigenvalue weighted by Crippen LogP contribution is -2.18. The topological polar surface area (TPSA) is 62.2 Å². The lowest BCUT2D eigenvalue weighted by molar-refractivity contribution is -0.132. The summed E-state index contributed by atoms with van der Waals surface area (Å²) in [5, 5.41) is 5.08. The van der Waals surface area contributed by atoms with E-state index in [0.717, 1.165) is 10.7 Å². The summed E-state index contributed by atoms with van der Waals surface area (Å²) in [6.07, 6.45) is 5.57. The van der Waals surface area contributed by atoms with Crippen LogP contribution in [0.1, 0.15) is 20.8 Å². The van der Waals surface area contributed by atoms with E-state index in [1.54, 1.807) is 6.08 Å². The molecule has 0 bridgehead atoms. The third-order valence-corrected chi connectivity index (χ3v) is 3.59. The Kier molecular flexibility index (Phi) is 3.97. The molecule has 0 aromatic rings. The zero-order valence-electron chi connectivity index (χ0n) is 12.9. The molecule has 21 heavy (non-hydrogen) atoms. The first-order valence-corrected chi connectivity index (χ1v) is 6.69. The summed E-state index contributed by atoms with van der Waals surface area (Å²) in [6.45, 7) is 5.44. The van der Waals surface area contributed by atoms with Crippen LogP contribution in [-0.4, -0.2) is 41.8 Å². The molecule has 0 aromatic carbocycles. The highest BCUT2D eigenvalue weighted by molar-refractivity contribution is 6.23. The first-order valence-electron chi connectivity index (χ1n) is 6.69. The van der Waals surface area contributed by atoms with Crippen LogP contribution in [-0.2, 0) is 14.3 Å². The van der Waals surface area contributed by atoms with Crippen LogP contribution in [0.2, 0.25) is 0 Å². The highest BCUT2D eigenvalue weighted by atomic mass is 16.5.